The van der Waals surface area contributed by atoms with Gasteiger partial charge in [0.1, 0.15) is 11.1 Å². The van der Waals surface area contributed by atoms with Gasteiger partial charge >= 0.3 is 0 Å². The highest BCUT2D eigenvalue weighted by Gasteiger charge is 2.20. The highest BCUT2D eigenvalue weighted by atomic mass is 35.5. The lowest BCUT2D eigenvalue weighted by Crippen LogP contribution is -2.18. The zero-order chi connectivity index (χ0) is 10.6. The number of hydrogen-bond acceptors (Lipinski definition) is 5. The summed E-state index contributed by atoms with van der Waals surface area (Å²) in [5.74, 6) is 0.288. The van der Waals surface area contributed by atoms with Crippen LogP contribution >= 0.6 is 22.9 Å². The third kappa shape index (κ3) is 2.90. The molecule has 0 fully saturated rings. The number of halogens is 1. The van der Waals surface area contributed by atoms with Gasteiger partial charge in [0.25, 0.3) is 0 Å². The van der Waals surface area contributed by atoms with Crippen molar-refractivity contribution in [2.75, 3.05) is 5.88 Å². The number of aliphatic hydroxyl groups excluding tert-OH is 3. The molecule has 0 saturated heterocycles. The zero-order valence-electron chi connectivity index (χ0n) is 7.43. The molecule has 1 aromatic rings. The minimum Gasteiger partial charge on any atom is -0.391 e. The quantitative estimate of drug-likeness (QED) is 0.658. The van der Waals surface area contributed by atoms with Crippen molar-refractivity contribution in [2.45, 2.75) is 25.2 Å². The summed E-state index contributed by atoms with van der Waals surface area (Å²) in [6.45, 7) is -0.101. The Kier molecular flexibility index (Phi) is 4.77. The molecule has 0 amide bonds. The van der Waals surface area contributed by atoms with Crippen LogP contribution in [0.25, 0.3) is 0 Å². The number of hydrogen-bond donors (Lipinski definition) is 3. The Bertz CT molecular complexity index is 281. The van der Waals surface area contributed by atoms with Crippen LogP contribution in [0.3, 0.4) is 0 Å². The smallest absolute Gasteiger partial charge is 0.131 e. The van der Waals surface area contributed by atoms with Gasteiger partial charge in [-0.05, 0) is 6.42 Å². The van der Waals surface area contributed by atoms with Gasteiger partial charge in [-0.3, -0.25) is 0 Å². The van der Waals surface area contributed by atoms with Crippen LogP contribution in [0.15, 0.2) is 6.20 Å². The highest BCUT2D eigenvalue weighted by molar-refractivity contribution is 7.11. The molecule has 1 aromatic heterocycles. The van der Waals surface area contributed by atoms with E-state index in [1.165, 1.54) is 17.5 Å². The summed E-state index contributed by atoms with van der Waals surface area (Å²) >= 11 is 6.61. The Balaban J connectivity index is 2.63. The minimum absolute atomic E-state index is 0.101. The fourth-order valence-electron chi connectivity index (χ4n) is 0.967. The molecule has 4 nitrogen and oxygen atoms in total. The van der Waals surface area contributed by atoms with E-state index in [1.54, 1.807) is 0 Å². The second-order valence-corrected chi connectivity index (χ2v) is 4.34. The van der Waals surface area contributed by atoms with E-state index in [4.69, 9.17) is 16.7 Å². The lowest BCUT2D eigenvalue weighted by Gasteiger charge is -2.13. The summed E-state index contributed by atoms with van der Waals surface area (Å²) in [5.41, 5.74) is 0. The number of aromatic nitrogens is 1. The summed E-state index contributed by atoms with van der Waals surface area (Å²) < 4.78 is 0. The largest absolute Gasteiger partial charge is 0.391 e. The van der Waals surface area contributed by atoms with E-state index in [1.807, 2.05) is 0 Å². The fourth-order valence-corrected chi connectivity index (χ4v) is 2.01. The Morgan fingerprint density at radius 1 is 1.50 bits per heavy atom. The number of thiazole rings is 1. The third-order valence-corrected chi connectivity index (χ3v) is 3.02. The number of nitrogens with zero attached hydrogens (tertiary/aromatic N) is 1. The van der Waals surface area contributed by atoms with Gasteiger partial charge in [0.05, 0.1) is 17.6 Å². The van der Waals surface area contributed by atoms with Crippen LogP contribution in [0.5, 0.6) is 0 Å². The number of aliphatic hydroxyl groups is 3. The molecule has 14 heavy (non-hydrogen) atoms. The molecule has 1 heterocycles. The summed E-state index contributed by atoms with van der Waals surface area (Å²) in [6, 6.07) is 0. The molecule has 2 unspecified atom stereocenters. The first-order valence-corrected chi connectivity index (χ1v) is 5.51. The molecule has 2 atom stereocenters. The second kappa shape index (κ2) is 5.63. The summed E-state index contributed by atoms with van der Waals surface area (Å²) in [6.07, 6.45) is -0.114. The predicted molar refractivity (Wildman–Crippen MR) is 54.3 cm³/mol. The van der Waals surface area contributed by atoms with Crippen molar-refractivity contribution >= 4 is 22.9 Å². The standard InChI is InChI=1S/C8H12ClNO3S/c9-2-1-6(12)7(13)8-10-3-5(4-11)14-8/h3,6-7,11-13H,1-2,4H2. The highest BCUT2D eigenvalue weighted by Crippen LogP contribution is 2.24. The van der Waals surface area contributed by atoms with Gasteiger partial charge in [0, 0.05) is 12.1 Å². The maximum absolute atomic E-state index is 9.59. The van der Waals surface area contributed by atoms with E-state index in [0.717, 1.165) is 0 Å². The van der Waals surface area contributed by atoms with Crippen molar-refractivity contribution < 1.29 is 15.3 Å². The van der Waals surface area contributed by atoms with Gasteiger partial charge in [0.2, 0.25) is 0 Å². The van der Waals surface area contributed by atoms with Gasteiger partial charge in [-0.15, -0.1) is 22.9 Å². The van der Waals surface area contributed by atoms with Crippen LogP contribution in [-0.4, -0.2) is 32.3 Å². The van der Waals surface area contributed by atoms with Crippen molar-refractivity contribution in [3.63, 3.8) is 0 Å². The second-order valence-electron chi connectivity index (χ2n) is 2.81. The molecule has 0 spiro atoms. The Morgan fingerprint density at radius 3 is 2.71 bits per heavy atom. The molecule has 3 N–H and O–H groups in total. The van der Waals surface area contributed by atoms with Crippen molar-refractivity contribution in [2.24, 2.45) is 0 Å². The summed E-state index contributed by atoms with van der Waals surface area (Å²) in [4.78, 5) is 4.56. The molecule has 0 aliphatic carbocycles. The predicted octanol–water partition coefficient (Wildman–Crippen LogP) is 0.659. The van der Waals surface area contributed by atoms with E-state index < -0.39 is 12.2 Å². The Hall–Kier alpha value is -0.200. The number of alkyl halides is 1. The van der Waals surface area contributed by atoms with E-state index in [2.05, 4.69) is 4.98 Å². The third-order valence-electron chi connectivity index (χ3n) is 1.75. The first-order chi connectivity index (χ1) is 6.69. The van der Waals surface area contributed by atoms with Gasteiger partial charge < -0.3 is 15.3 Å². The molecule has 80 valence electrons. The minimum atomic E-state index is -1.01. The first kappa shape index (κ1) is 11.9. The van der Waals surface area contributed by atoms with Gasteiger partial charge in [-0.2, -0.15) is 0 Å². The average Bonchev–Trinajstić information content (AvgIpc) is 2.65. The van der Waals surface area contributed by atoms with Crippen LogP contribution in [0.1, 0.15) is 22.4 Å². The summed E-state index contributed by atoms with van der Waals surface area (Å²) in [7, 11) is 0. The van der Waals surface area contributed by atoms with Crippen molar-refractivity contribution in [3.8, 4) is 0 Å². The molecular formula is C8H12ClNO3S. The molecule has 0 bridgehead atoms. The molecule has 0 saturated carbocycles. The van der Waals surface area contributed by atoms with Gasteiger partial charge in [0.15, 0.2) is 0 Å². The molecule has 6 heteroatoms. The van der Waals surface area contributed by atoms with E-state index in [9.17, 15) is 10.2 Å². The maximum Gasteiger partial charge on any atom is 0.131 e. The fraction of sp³-hybridized carbons (Fsp3) is 0.625. The monoisotopic (exact) mass is 237 g/mol. The van der Waals surface area contributed by atoms with Crippen molar-refractivity contribution in [3.05, 3.63) is 16.1 Å². The molecule has 0 aromatic carbocycles. The Morgan fingerprint density at radius 2 is 2.21 bits per heavy atom. The van der Waals surface area contributed by atoms with E-state index >= 15 is 0 Å². The lowest BCUT2D eigenvalue weighted by molar-refractivity contribution is 0.0169. The van der Waals surface area contributed by atoms with Crippen molar-refractivity contribution in [1.29, 1.82) is 0 Å². The van der Waals surface area contributed by atoms with Crippen LogP contribution in [0.4, 0.5) is 0 Å². The zero-order valence-corrected chi connectivity index (χ0v) is 9.00. The lowest BCUT2D eigenvalue weighted by atomic mass is 10.2. The molecule has 0 radical (unpaired) electrons. The first-order valence-electron chi connectivity index (χ1n) is 4.16. The van der Waals surface area contributed by atoms with Crippen molar-refractivity contribution in [1.82, 2.24) is 4.98 Å². The van der Waals surface area contributed by atoms with E-state index in [-0.39, 0.29) is 12.5 Å². The van der Waals surface area contributed by atoms with Crippen LogP contribution in [0.2, 0.25) is 0 Å². The molecular weight excluding hydrogens is 226 g/mol. The van der Waals surface area contributed by atoms with Crippen LogP contribution < -0.4 is 0 Å². The average molecular weight is 238 g/mol. The normalized spacial score (nSPS) is 15.4. The molecule has 1 rings (SSSR count). The molecule has 0 aliphatic heterocycles. The van der Waals surface area contributed by atoms with Crippen LogP contribution in [-0.2, 0) is 6.61 Å². The maximum atomic E-state index is 9.59. The van der Waals surface area contributed by atoms with Gasteiger partial charge in [-0.1, -0.05) is 0 Å². The SMILES string of the molecule is OCc1cnc(C(O)C(O)CCCl)s1. The van der Waals surface area contributed by atoms with E-state index in [0.29, 0.717) is 16.3 Å². The number of rotatable bonds is 5. The summed E-state index contributed by atoms with van der Waals surface area (Å²) in [5, 5.41) is 28.2. The molecule has 0 aliphatic rings. The topological polar surface area (TPSA) is 73.6 Å². The van der Waals surface area contributed by atoms with Crippen LogP contribution in [0, 0.1) is 0 Å². The van der Waals surface area contributed by atoms with Gasteiger partial charge in [-0.25, -0.2) is 4.98 Å². The Labute approximate surface area is 90.8 Å².